The molecule has 0 N–H and O–H groups in total. The van der Waals surface area contributed by atoms with E-state index in [1.807, 2.05) is 14.1 Å². The Morgan fingerprint density at radius 3 is 2.61 bits per heavy atom. The molecule has 0 bridgehead atoms. The molecule has 0 saturated heterocycles. The van der Waals surface area contributed by atoms with Crippen LogP contribution in [0.25, 0.3) is 0 Å². The van der Waals surface area contributed by atoms with Crippen molar-refractivity contribution >= 4 is 29.0 Å². The Balaban J connectivity index is 2.69. The number of carbonyl (C=O) groups is 1. The van der Waals surface area contributed by atoms with Gasteiger partial charge in [-0.1, -0.05) is 23.2 Å². The van der Waals surface area contributed by atoms with E-state index in [0.717, 1.165) is 0 Å². The van der Waals surface area contributed by atoms with Crippen LogP contribution in [0.3, 0.4) is 0 Å². The van der Waals surface area contributed by atoms with Gasteiger partial charge in [-0.15, -0.1) is 0 Å². The number of ether oxygens (including phenoxy) is 1. The summed E-state index contributed by atoms with van der Waals surface area (Å²) in [6.45, 7) is 1.67. The van der Waals surface area contributed by atoms with Gasteiger partial charge >= 0.3 is 0 Å². The van der Waals surface area contributed by atoms with Gasteiger partial charge in [-0.2, -0.15) is 0 Å². The topological polar surface area (TPSA) is 29.5 Å². The summed E-state index contributed by atoms with van der Waals surface area (Å²) in [5.41, 5.74) is 0. The van der Waals surface area contributed by atoms with Crippen LogP contribution in [0, 0.1) is 0 Å². The zero-order valence-corrected chi connectivity index (χ0v) is 12.0. The lowest BCUT2D eigenvalue weighted by Crippen LogP contribution is -2.22. The Morgan fingerprint density at radius 2 is 2.06 bits per heavy atom. The average Bonchev–Trinajstić information content (AvgIpc) is 2.29. The normalized spacial score (nSPS) is 12.5. The highest BCUT2D eigenvalue weighted by atomic mass is 35.5. The fourth-order valence-electron chi connectivity index (χ4n) is 1.18. The van der Waals surface area contributed by atoms with Crippen molar-refractivity contribution < 1.29 is 9.53 Å². The van der Waals surface area contributed by atoms with Crippen LogP contribution in [0.5, 0.6) is 5.75 Å². The van der Waals surface area contributed by atoms with Gasteiger partial charge in [0.15, 0.2) is 11.9 Å². The highest BCUT2D eigenvalue weighted by Gasteiger charge is 2.13. The van der Waals surface area contributed by atoms with Crippen LogP contribution in [0.15, 0.2) is 30.5 Å². The minimum atomic E-state index is -0.597. The number of hydrogen-bond acceptors (Lipinski definition) is 3. The first-order chi connectivity index (χ1) is 8.40. The first-order valence-corrected chi connectivity index (χ1v) is 6.16. The molecule has 0 amide bonds. The van der Waals surface area contributed by atoms with Gasteiger partial charge in [-0.25, -0.2) is 0 Å². The average molecular weight is 288 g/mol. The summed E-state index contributed by atoms with van der Waals surface area (Å²) in [6.07, 6.45) is 2.54. The standard InChI is InChI=1S/C13H15Cl2NO2/c1-9(12(17)6-7-16(2)3)18-13-5-4-10(14)8-11(13)15/h4-9H,1-3H3/b7-6-. The lowest BCUT2D eigenvalue weighted by molar-refractivity contribution is -0.120. The van der Waals surface area contributed by atoms with Crippen molar-refractivity contribution in [2.24, 2.45) is 0 Å². The van der Waals surface area contributed by atoms with E-state index in [0.29, 0.717) is 15.8 Å². The summed E-state index contributed by atoms with van der Waals surface area (Å²) in [4.78, 5) is 13.5. The Hall–Kier alpha value is -1.19. The van der Waals surface area contributed by atoms with E-state index in [9.17, 15) is 4.79 Å². The molecule has 0 aliphatic carbocycles. The molecule has 3 nitrogen and oxygen atoms in total. The molecule has 0 aliphatic heterocycles. The third kappa shape index (κ3) is 4.59. The molecule has 1 unspecified atom stereocenters. The van der Waals surface area contributed by atoms with Gasteiger partial charge in [0, 0.05) is 31.4 Å². The number of halogens is 2. The molecule has 0 saturated carbocycles. The van der Waals surface area contributed by atoms with E-state index in [4.69, 9.17) is 27.9 Å². The maximum atomic E-state index is 11.7. The molecular weight excluding hydrogens is 273 g/mol. The fourth-order valence-corrected chi connectivity index (χ4v) is 1.63. The molecule has 0 radical (unpaired) electrons. The van der Waals surface area contributed by atoms with Crippen molar-refractivity contribution in [2.75, 3.05) is 14.1 Å². The molecule has 1 aromatic rings. The lowest BCUT2D eigenvalue weighted by Gasteiger charge is -2.13. The van der Waals surface area contributed by atoms with Gasteiger partial charge < -0.3 is 9.64 Å². The summed E-state index contributed by atoms with van der Waals surface area (Å²) in [5.74, 6) is 0.315. The van der Waals surface area contributed by atoms with Crippen LogP contribution in [0.4, 0.5) is 0 Å². The zero-order valence-electron chi connectivity index (χ0n) is 10.5. The predicted molar refractivity (Wildman–Crippen MR) is 74.4 cm³/mol. The zero-order chi connectivity index (χ0) is 13.7. The van der Waals surface area contributed by atoms with Crippen LogP contribution >= 0.6 is 23.2 Å². The Bertz CT molecular complexity index is 458. The van der Waals surface area contributed by atoms with E-state index in [1.165, 1.54) is 6.08 Å². The summed E-state index contributed by atoms with van der Waals surface area (Å²) < 4.78 is 5.48. The summed E-state index contributed by atoms with van der Waals surface area (Å²) in [5, 5.41) is 0.914. The maximum Gasteiger partial charge on any atom is 0.197 e. The molecule has 1 rings (SSSR count). The number of ketones is 1. The Labute approximate surface area is 117 Å². The summed E-state index contributed by atoms with van der Waals surface area (Å²) in [7, 11) is 3.68. The number of rotatable bonds is 5. The molecule has 0 heterocycles. The van der Waals surface area contributed by atoms with Crippen LogP contribution in [0.2, 0.25) is 10.0 Å². The van der Waals surface area contributed by atoms with Crippen LogP contribution in [-0.4, -0.2) is 30.9 Å². The van der Waals surface area contributed by atoms with Gasteiger partial charge in [0.1, 0.15) is 5.75 Å². The second kappa shape index (κ2) is 6.66. The van der Waals surface area contributed by atoms with E-state index in [-0.39, 0.29) is 5.78 Å². The van der Waals surface area contributed by atoms with Crippen molar-refractivity contribution in [2.45, 2.75) is 13.0 Å². The number of carbonyl (C=O) groups excluding carboxylic acids is 1. The SMILES string of the molecule is CC(Oc1ccc(Cl)cc1Cl)C(=O)/C=C\N(C)C. The molecule has 1 atom stereocenters. The highest BCUT2D eigenvalue weighted by Crippen LogP contribution is 2.28. The van der Waals surface area contributed by atoms with Crippen molar-refractivity contribution in [3.05, 3.63) is 40.5 Å². The number of benzene rings is 1. The third-order valence-corrected chi connectivity index (χ3v) is 2.67. The van der Waals surface area contributed by atoms with Crippen molar-refractivity contribution in [1.29, 1.82) is 0 Å². The monoisotopic (exact) mass is 287 g/mol. The smallest absolute Gasteiger partial charge is 0.197 e. The third-order valence-electron chi connectivity index (χ3n) is 2.14. The lowest BCUT2D eigenvalue weighted by atomic mass is 10.2. The predicted octanol–water partition coefficient (Wildman–Crippen LogP) is 3.41. The van der Waals surface area contributed by atoms with Gasteiger partial charge in [0.2, 0.25) is 0 Å². The molecular formula is C13H15Cl2NO2. The first kappa shape index (κ1) is 14.9. The van der Waals surface area contributed by atoms with E-state index in [2.05, 4.69) is 0 Å². The molecule has 0 aromatic heterocycles. The van der Waals surface area contributed by atoms with Crippen molar-refractivity contribution in [3.63, 3.8) is 0 Å². The second-order valence-electron chi connectivity index (χ2n) is 4.02. The molecule has 0 fully saturated rings. The van der Waals surface area contributed by atoms with E-state index in [1.54, 1.807) is 36.2 Å². The highest BCUT2D eigenvalue weighted by molar-refractivity contribution is 6.35. The van der Waals surface area contributed by atoms with Crippen LogP contribution in [0.1, 0.15) is 6.92 Å². The summed E-state index contributed by atoms with van der Waals surface area (Å²) in [6, 6.07) is 4.88. The Kier molecular flexibility index (Phi) is 5.51. The fraction of sp³-hybridized carbons (Fsp3) is 0.308. The quantitative estimate of drug-likeness (QED) is 0.778. The van der Waals surface area contributed by atoms with E-state index < -0.39 is 6.10 Å². The second-order valence-corrected chi connectivity index (χ2v) is 4.86. The van der Waals surface area contributed by atoms with Gasteiger partial charge in [0.05, 0.1) is 5.02 Å². The minimum Gasteiger partial charge on any atom is -0.481 e. The molecule has 0 spiro atoms. The number of hydrogen-bond donors (Lipinski definition) is 0. The molecule has 5 heteroatoms. The first-order valence-electron chi connectivity index (χ1n) is 5.40. The van der Waals surface area contributed by atoms with Gasteiger partial charge in [-0.3, -0.25) is 4.79 Å². The van der Waals surface area contributed by atoms with Crippen LogP contribution in [-0.2, 0) is 4.79 Å². The Morgan fingerprint density at radius 1 is 1.39 bits per heavy atom. The van der Waals surface area contributed by atoms with Crippen molar-refractivity contribution in [1.82, 2.24) is 4.90 Å². The van der Waals surface area contributed by atoms with Gasteiger partial charge in [0.25, 0.3) is 0 Å². The van der Waals surface area contributed by atoms with E-state index >= 15 is 0 Å². The van der Waals surface area contributed by atoms with Gasteiger partial charge in [-0.05, 0) is 25.1 Å². The number of nitrogens with zero attached hydrogens (tertiary/aromatic N) is 1. The van der Waals surface area contributed by atoms with Crippen LogP contribution < -0.4 is 4.74 Å². The molecule has 98 valence electrons. The maximum absolute atomic E-state index is 11.7. The molecule has 1 aromatic carbocycles. The molecule has 0 aliphatic rings. The van der Waals surface area contributed by atoms with Crippen molar-refractivity contribution in [3.8, 4) is 5.75 Å². The largest absolute Gasteiger partial charge is 0.481 e. The minimum absolute atomic E-state index is 0.130. The molecule has 18 heavy (non-hydrogen) atoms. The summed E-state index contributed by atoms with van der Waals surface area (Å²) >= 11 is 11.7.